The Morgan fingerprint density at radius 3 is 2.64 bits per heavy atom. The van der Waals surface area contributed by atoms with Gasteiger partial charge in [-0.2, -0.15) is 0 Å². The van der Waals surface area contributed by atoms with Crippen LogP contribution in [-0.2, 0) is 14.6 Å². The highest BCUT2D eigenvalue weighted by molar-refractivity contribution is 7.90. The van der Waals surface area contributed by atoms with Crippen LogP contribution in [0.2, 0.25) is 0 Å². The summed E-state index contributed by atoms with van der Waals surface area (Å²) in [5.41, 5.74) is 0. The number of sulfone groups is 1. The summed E-state index contributed by atoms with van der Waals surface area (Å²) in [5.74, 6) is 0. The molecule has 1 aromatic heterocycles. The average Bonchev–Trinajstić information content (AvgIpc) is 2.31. The van der Waals surface area contributed by atoms with E-state index >= 15 is 0 Å². The Kier molecular flexibility index (Phi) is 1.77. The molecule has 0 aliphatic rings. The molecular formula is C5H5N2O3S. The third-order valence-corrected chi connectivity index (χ3v) is 2.00. The quantitative estimate of drug-likeness (QED) is 0.587. The number of hydrogen-bond donors (Lipinski definition) is 0. The highest BCUT2D eigenvalue weighted by atomic mass is 32.2. The Morgan fingerprint density at radius 1 is 1.64 bits per heavy atom. The minimum Gasteiger partial charge on any atom is -0.263 e. The van der Waals surface area contributed by atoms with Crippen LogP contribution in [-0.4, -0.2) is 30.6 Å². The van der Waals surface area contributed by atoms with E-state index in [-0.39, 0.29) is 5.16 Å². The van der Waals surface area contributed by atoms with Crippen molar-refractivity contribution in [2.24, 2.45) is 0 Å². The maximum absolute atomic E-state index is 10.8. The number of carbonyl (C=O) groups excluding carboxylic acids is 1. The highest BCUT2D eigenvalue weighted by Crippen LogP contribution is 2.02. The van der Waals surface area contributed by atoms with Gasteiger partial charge in [-0.25, -0.2) is 13.4 Å². The molecule has 0 saturated heterocycles. The summed E-state index contributed by atoms with van der Waals surface area (Å²) in [6.45, 7) is 0. The van der Waals surface area contributed by atoms with E-state index in [0.717, 1.165) is 10.8 Å². The Balaban J connectivity index is 3.35. The standard InChI is InChI=1S/C5H5N2O3S/c1-11(9,10)5-6-2-3-7(5)4-8/h2-3H,1H3. The fourth-order valence-corrected chi connectivity index (χ4v) is 1.34. The zero-order chi connectivity index (χ0) is 8.48. The Hall–Kier alpha value is -1.17. The average molecular weight is 173 g/mol. The van der Waals surface area contributed by atoms with E-state index < -0.39 is 9.84 Å². The van der Waals surface area contributed by atoms with Gasteiger partial charge in [0.1, 0.15) is 0 Å². The first-order valence-corrected chi connectivity index (χ1v) is 4.56. The smallest absolute Gasteiger partial charge is 0.263 e. The highest BCUT2D eigenvalue weighted by Gasteiger charge is 2.13. The van der Waals surface area contributed by atoms with Crippen LogP contribution in [0.15, 0.2) is 17.6 Å². The molecule has 1 aromatic rings. The van der Waals surface area contributed by atoms with Crippen molar-refractivity contribution in [1.82, 2.24) is 9.55 Å². The van der Waals surface area contributed by atoms with Crippen molar-refractivity contribution in [3.63, 3.8) is 0 Å². The van der Waals surface area contributed by atoms with Crippen LogP contribution in [0.3, 0.4) is 0 Å². The summed E-state index contributed by atoms with van der Waals surface area (Å²) in [6.07, 6.45) is 4.83. The van der Waals surface area contributed by atoms with Crippen molar-refractivity contribution >= 4 is 16.2 Å². The summed E-state index contributed by atoms with van der Waals surface area (Å²) < 4.78 is 22.4. The molecule has 0 spiro atoms. The molecule has 5 nitrogen and oxygen atoms in total. The molecule has 0 atom stereocenters. The number of rotatable bonds is 2. The molecule has 1 rings (SSSR count). The van der Waals surface area contributed by atoms with Crippen LogP contribution in [0.1, 0.15) is 0 Å². The molecule has 1 heterocycles. The van der Waals surface area contributed by atoms with Crippen molar-refractivity contribution in [2.75, 3.05) is 6.26 Å². The van der Waals surface area contributed by atoms with Gasteiger partial charge in [-0.3, -0.25) is 9.36 Å². The third-order valence-electron chi connectivity index (χ3n) is 1.04. The van der Waals surface area contributed by atoms with E-state index in [1.54, 1.807) is 0 Å². The summed E-state index contributed by atoms with van der Waals surface area (Å²) in [5, 5.41) is -0.285. The second-order valence-corrected chi connectivity index (χ2v) is 3.85. The van der Waals surface area contributed by atoms with E-state index in [0.29, 0.717) is 0 Å². The Labute approximate surface area is 63.6 Å². The number of hydrogen-bond acceptors (Lipinski definition) is 4. The lowest BCUT2D eigenvalue weighted by atomic mass is 10.9. The minimum atomic E-state index is -3.41. The van der Waals surface area contributed by atoms with Crippen molar-refractivity contribution < 1.29 is 13.2 Å². The van der Waals surface area contributed by atoms with Gasteiger partial charge in [0.2, 0.25) is 15.0 Å². The van der Waals surface area contributed by atoms with Crippen LogP contribution in [0, 0.1) is 0 Å². The monoisotopic (exact) mass is 173 g/mol. The molecule has 0 N–H and O–H groups in total. The third kappa shape index (κ3) is 1.45. The maximum atomic E-state index is 10.8. The molecule has 0 aliphatic heterocycles. The van der Waals surface area contributed by atoms with E-state index in [1.807, 2.05) is 0 Å². The van der Waals surface area contributed by atoms with Gasteiger partial charge in [0.05, 0.1) is 0 Å². The fourth-order valence-electron chi connectivity index (χ4n) is 0.634. The summed E-state index contributed by atoms with van der Waals surface area (Å²) in [6, 6.07) is 0. The van der Waals surface area contributed by atoms with Gasteiger partial charge in [-0.05, 0) is 0 Å². The van der Waals surface area contributed by atoms with E-state index in [1.165, 1.54) is 18.8 Å². The van der Waals surface area contributed by atoms with Crippen LogP contribution < -0.4 is 0 Å². The van der Waals surface area contributed by atoms with Crippen molar-refractivity contribution in [1.29, 1.82) is 0 Å². The lowest BCUT2D eigenvalue weighted by molar-refractivity contribution is 0.538. The van der Waals surface area contributed by atoms with Crippen LogP contribution in [0.4, 0.5) is 0 Å². The lowest BCUT2D eigenvalue weighted by Gasteiger charge is -1.93. The summed E-state index contributed by atoms with van der Waals surface area (Å²) in [4.78, 5) is 13.5. The minimum absolute atomic E-state index is 0.285. The van der Waals surface area contributed by atoms with Crippen LogP contribution in [0.25, 0.3) is 0 Å². The molecule has 0 aliphatic carbocycles. The second-order valence-electron chi connectivity index (χ2n) is 1.94. The van der Waals surface area contributed by atoms with Gasteiger partial charge < -0.3 is 0 Å². The molecule has 11 heavy (non-hydrogen) atoms. The number of imidazole rings is 1. The lowest BCUT2D eigenvalue weighted by Crippen LogP contribution is -2.07. The Morgan fingerprint density at radius 2 is 2.27 bits per heavy atom. The summed E-state index contributed by atoms with van der Waals surface area (Å²) >= 11 is 0. The number of nitrogens with zero attached hydrogens (tertiary/aromatic N) is 2. The van der Waals surface area contributed by atoms with Gasteiger partial charge >= 0.3 is 6.41 Å². The van der Waals surface area contributed by atoms with Gasteiger partial charge in [0.25, 0.3) is 0 Å². The molecular weight excluding hydrogens is 168 g/mol. The number of aromatic nitrogens is 2. The molecule has 0 fully saturated rings. The van der Waals surface area contributed by atoms with Gasteiger partial charge in [0, 0.05) is 18.6 Å². The SMILES string of the molecule is CS(=O)(=O)c1nccn1[C]=O. The molecule has 0 aromatic carbocycles. The van der Waals surface area contributed by atoms with Crippen molar-refractivity contribution in [2.45, 2.75) is 5.16 Å². The first-order chi connectivity index (χ1) is 5.05. The normalized spacial score (nSPS) is 11.4. The fraction of sp³-hybridized carbons (Fsp3) is 0.200. The van der Waals surface area contributed by atoms with E-state index in [2.05, 4.69) is 4.98 Å². The zero-order valence-corrected chi connectivity index (χ0v) is 6.50. The molecule has 6 heteroatoms. The van der Waals surface area contributed by atoms with E-state index in [9.17, 15) is 13.2 Å². The maximum Gasteiger partial charge on any atom is 0.323 e. The van der Waals surface area contributed by atoms with Gasteiger partial charge in [-0.15, -0.1) is 0 Å². The van der Waals surface area contributed by atoms with Crippen LogP contribution in [0.5, 0.6) is 0 Å². The van der Waals surface area contributed by atoms with Crippen LogP contribution >= 0.6 is 0 Å². The molecule has 59 valence electrons. The first kappa shape index (κ1) is 7.93. The van der Waals surface area contributed by atoms with Gasteiger partial charge in [0.15, 0.2) is 0 Å². The first-order valence-electron chi connectivity index (χ1n) is 2.67. The predicted octanol–water partition coefficient (Wildman–Crippen LogP) is -0.798. The predicted molar refractivity (Wildman–Crippen MR) is 36.4 cm³/mol. The second kappa shape index (κ2) is 2.46. The van der Waals surface area contributed by atoms with Crippen molar-refractivity contribution in [3.8, 4) is 0 Å². The van der Waals surface area contributed by atoms with Gasteiger partial charge in [-0.1, -0.05) is 0 Å². The Bertz CT molecular complexity index is 365. The zero-order valence-electron chi connectivity index (χ0n) is 5.68. The van der Waals surface area contributed by atoms with E-state index in [4.69, 9.17) is 0 Å². The summed E-state index contributed by atoms with van der Waals surface area (Å²) in [7, 11) is -3.41. The topological polar surface area (TPSA) is 69.0 Å². The van der Waals surface area contributed by atoms with Crippen molar-refractivity contribution in [3.05, 3.63) is 12.4 Å². The molecule has 0 unspecified atom stereocenters. The largest absolute Gasteiger partial charge is 0.323 e. The molecule has 0 bridgehead atoms. The molecule has 0 saturated carbocycles. The molecule has 1 radical (unpaired) electrons. The molecule has 0 amide bonds.